The second-order valence-corrected chi connectivity index (χ2v) is 16.3. The third-order valence-electron chi connectivity index (χ3n) is 9.19. The summed E-state index contributed by atoms with van der Waals surface area (Å²) in [7, 11) is -4.30. The third kappa shape index (κ3) is 46.2. The molecule has 0 aliphatic heterocycles. The Labute approximate surface area is 367 Å². The highest BCUT2D eigenvalue weighted by atomic mass is 31.2. The Balaban J connectivity index is 4.05. The van der Waals surface area contributed by atoms with Crippen molar-refractivity contribution in [2.75, 3.05) is 33.0 Å². The lowest BCUT2D eigenvalue weighted by molar-refractivity contribution is -0.154. The standard InChI is InChI=1S/C51H86NO7P/c1-3-5-7-9-11-13-15-17-19-20-21-22-23-24-25-26-27-28-29-31-33-35-37-39-41-43-46-56-48-50(49-58-60(54,55)57-47-45-52)59-51(53)44-42-40-38-36-34-32-30-18-16-14-12-10-8-6-4-2/h5-8,11-14,17-19,21-22,24-25,27-28,30,50H,3-4,9-10,15-16,20,23,26,29,31-49,52H2,1-2H3,(H,54,55)/b7-5-,8-6-,13-11-,14-12-,19-17-,22-21-,25-24-,28-27-,30-18-. The second kappa shape index (κ2) is 47.2. The van der Waals surface area contributed by atoms with E-state index in [0.29, 0.717) is 6.61 Å². The number of carbonyl (C=O) groups is 1. The van der Waals surface area contributed by atoms with Crippen LogP contribution in [0.2, 0.25) is 0 Å². The first kappa shape index (κ1) is 57.2. The molecule has 9 heteroatoms. The van der Waals surface area contributed by atoms with Crippen LogP contribution in [0.15, 0.2) is 109 Å². The lowest BCUT2D eigenvalue weighted by Gasteiger charge is -2.20. The summed E-state index contributed by atoms with van der Waals surface area (Å²) < 4.78 is 33.5. The van der Waals surface area contributed by atoms with Crippen LogP contribution in [0.4, 0.5) is 0 Å². The lowest BCUT2D eigenvalue weighted by Crippen LogP contribution is -2.28. The van der Waals surface area contributed by atoms with Crippen LogP contribution in [0.1, 0.15) is 168 Å². The van der Waals surface area contributed by atoms with E-state index >= 15 is 0 Å². The summed E-state index contributed by atoms with van der Waals surface area (Å²) in [6.45, 7) is 4.61. The van der Waals surface area contributed by atoms with Crippen molar-refractivity contribution in [2.24, 2.45) is 5.73 Å². The zero-order valence-corrected chi connectivity index (χ0v) is 38.8. The normalized spacial score (nSPS) is 14.4. The van der Waals surface area contributed by atoms with Gasteiger partial charge in [0.2, 0.25) is 0 Å². The zero-order chi connectivity index (χ0) is 43.7. The highest BCUT2D eigenvalue weighted by Crippen LogP contribution is 2.43. The largest absolute Gasteiger partial charge is 0.472 e. The van der Waals surface area contributed by atoms with Crippen molar-refractivity contribution in [3.63, 3.8) is 0 Å². The maximum absolute atomic E-state index is 12.6. The molecule has 0 amide bonds. The first-order valence-corrected chi connectivity index (χ1v) is 24.9. The number of unbranched alkanes of at least 4 members (excludes halogenated alkanes) is 12. The van der Waals surface area contributed by atoms with Gasteiger partial charge in [0, 0.05) is 19.6 Å². The third-order valence-corrected chi connectivity index (χ3v) is 10.2. The summed E-state index contributed by atoms with van der Waals surface area (Å²) >= 11 is 0. The topological polar surface area (TPSA) is 117 Å². The van der Waals surface area contributed by atoms with Crippen molar-refractivity contribution < 1.29 is 32.8 Å². The molecule has 0 aromatic rings. The van der Waals surface area contributed by atoms with Crippen LogP contribution in [-0.2, 0) is 27.9 Å². The van der Waals surface area contributed by atoms with E-state index in [1.165, 1.54) is 25.7 Å². The van der Waals surface area contributed by atoms with E-state index in [-0.39, 0.29) is 38.8 Å². The molecule has 8 nitrogen and oxygen atoms in total. The first-order valence-electron chi connectivity index (χ1n) is 23.4. The quantitative estimate of drug-likeness (QED) is 0.0269. The molecule has 0 fully saturated rings. The van der Waals surface area contributed by atoms with Gasteiger partial charge in [-0.05, 0) is 96.3 Å². The molecule has 3 N–H and O–H groups in total. The van der Waals surface area contributed by atoms with Crippen molar-refractivity contribution in [3.05, 3.63) is 109 Å². The molecule has 0 aromatic carbocycles. The number of rotatable bonds is 43. The van der Waals surface area contributed by atoms with Crippen LogP contribution in [0.5, 0.6) is 0 Å². The first-order chi connectivity index (χ1) is 29.4. The summed E-state index contributed by atoms with van der Waals surface area (Å²) in [5.41, 5.74) is 5.37. The molecule has 0 saturated heterocycles. The molecule has 2 atom stereocenters. The van der Waals surface area contributed by atoms with Crippen LogP contribution in [-0.4, -0.2) is 49.9 Å². The molecule has 0 heterocycles. The number of phosphoric ester groups is 1. The number of nitrogens with two attached hydrogens (primary N) is 1. The highest BCUT2D eigenvalue weighted by Gasteiger charge is 2.25. The second-order valence-electron chi connectivity index (χ2n) is 14.9. The molecule has 0 aliphatic rings. The molecule has 0 aliphatic carbocycles. The minimum Gasteiger partial charge on any atom is -0.457 e. The van der Waals surface area contributed by atoms with Gasteiger partial charge in [0.1, 0.15) is 6.10 Å². The molecular formula is C51H86NO7P. The number of ether oxygens (including phenoxy) is 2. The summed E-state index contributed by atoms with van der Waals surface area (Å²) in [4.78, 5) is 22.5. The van der Waals surface area contributed by atoms with Crippen molar-refractivity contribution in [2.45, 2.75) is 174 Å². The lowest BCUT2D eigenvalue weighted by atomic mass is 10.1. The van der Waals surface area contributed by atoms with Crippen LogP contribution in [0, 0.1) is 0 Å². The van der Waals surface area contributed by atoms with Gasteiger partial charge in [-0.1, -0.05) is 175 Å². The Kier molecular flexibility index (Phi) is 45.0. The predicted octanol–water partition coefficient (Wildman–Crippen LogP) is 14.4. The van der Waals surface area contributed by atoms with Gasteiger partial charge in [-0.3, -0.25) is 13.8 Å². The van der Waals surface area contributed by atoms with Crippen molar-refractivity contribution in [1.82, 2.24) is 0 Å². The fourth-order valence-corrected chi connectivity index (χ4v) is 6.60. The van der Waals surface area contributed by atoms with E-state index in [1.54, 1.807) is 0 Å². The average molecular weight is 856 g/mol. The SMILES string of the molecule is CC/C=C\C/C=C\C/C=C\C/C=C\C/C=C\C/C=C\CCCCCCCCCOCC(COP(=O)(O)OCCN)OC(=O)CCCCCCC/C=C\C/C=C\C/C=C\CC. The Hall–Kier alpha value is -2.84. The number of carbonyl (C=O) groups excluding carboxylic acids is 1. The Bertz CT molecular complexity index is 1280. The maximum atomic E-state index is 12.6. The number of hydrogen-bond acceptors (Lipinski definition) is 7. The van der Waals surface area contributed by atoms with E-state index < -0.39 is 13.9 Å². The Morgan fingerprint density at radius 3 is 1.32 bits per heavy atom. The molecule has 0 bridgehead atoms. The van der Waals surface area contributed by atoms with Crippen molar-refractivity contribution >= 4 is 13.8 Å². The molecule has 2 unspecified atom stereocenters. The highest BCUT2D eigenvalue weighted by molar-refractivity contribution is 7.47. The molecule has 0 radical (unpaired) electrons. The number of allylic oxidation sites excluding steroid dienone is 18. The number of esters is 1. The molecular weight excluding hydrogens is 770 g/mol. The number of phosphoric acid groups is 1. The maximum Gasteiger partial charge on any atom is 0.472 e. The van der Waals surface area contributed by atoms with Gasteiger partial charge in [0.15, 0.2) is 0 Å². The van der Waals surface area contributed by atoms with E-state index in [0.717, 1.165) is 122 Å². The van der Waals surface area contributed by atoms with Crippen LogP contribution < -0.4 is 5.73 Å². The van der Waals surface area contributed by atoms with Gasteiger partial charge >= 0.3 is 13.8 Å². The van der Waals surface area contributed by atoms with Gasteiger partial charge in [-0.15, -0.1) is 0 Å². The molecule has 342 valence electrons. The minimum atomic E-state index is -4.30. The summed E-state index contributed by atoms with van der Waals surface area (Å²) in [5.74, 6) is -0.357. The van der Waals surface area contributed by atoms with Crippen LogP contribution in [0.3, 0.4) is 0 Å². The molecule has 0 saturated carbocycles. The monoisotopic (exact) mass is 856 g/mol. The van der Waals surface area contributed by atoms with E-state index in [2.05, 4.69) is 123 Å². The minimum absolute atomic E-state index is 0.0888. The Morgan fingerprint density at radius 1 is 0.500 bits per heavy atom. The van der Waals surface area contributed by atoms with Gasteiger partial charge in [-0.2, -0.15) is 0 Å². The predicted molar refractivity (Wildman–Crippen MR) is 256 cm³/mol. The van der Waals surface area contributed by atoms with E-state index in [4.69, 9.17) is 24.3 Å². The van der Waals surface area contributed by atoms with Gasteiger partial charge < -0.3 is 20.1 Å². The van der Waals surface area contributed by atoms with Crippen molar-refractivity contribution in [1.29, 1.82) is 0 Å². The van der Waals surface area contributed by atoms with Gasteiger partial charge in [-0.25, -0.2) is 4.57 Å². The average Bonchev–Trinajstić information content (AvgIpc) is 3.24. The molecule has 0 aromatic heterocycles. The van der Waals surface area contributed by atoms with Crippen LogP contribution in [0.25, 0.3) is 0 Å². The molecule has 0 rings (SSSR count). The molecule has 60 heavy (non-hydrogen) atoms. The van der Waals surface area contributed by atoms with Gasteiger partial charge in [0.05, 0.1) is 19.8 Å². The smallest absolute Gasteiger partial charge is 0.457 e. The fourth-order valence-electron chi connectivity index (χ4n) is 5.84. The van der Waals surface area contributed by atoms with Crippen LogP contribution >= 0.6 is 7.82 Å². The molecule has 0 spiro atoms. The van der Waals surface area contributed by atoms with E-state index in [9.17, 15) is 14.3 Å². The van der Waals surface area contributed by atoms with E-state index in [1.807, 2.05) is 0 Å². The fraction of sp³-hybridized carbons (Fsp3) is 0.627. The summed E-state index contributed by atoms with van der Waals surface area (Å²) in [6, 6.07) is 0. The zero-order valence-electron chi connectivity index (χ0n) is 37.9. The number of hydrogen-bond donors (Lipinski definition) is 2. The van der Waals surface area contributed by atoms with Gasteiger partial charge in [0.25, 0.3) is 0 Å². The Morgan fingerprint density at radius 2 is 0.883 bits per heavy atom. The summed E-state index contributed by atoms with van der Waals surface area (Å²) in [5, 5.41) is 0. The summed E-state index contributed by atoms with van der Waals surface area (Å²) in [6.07, 6.45) is 64.0. The van der Waals surface area contributed by atoms with Crippen molar-refractivity contribution in [3.8, 4) is 0 Å².